The summed E-state index contributed by atoms with van der Waals surface area (Å²) in [5.74, 6) is 0. The van der Waals surface area contributed by atoms with Crippen LogP contribution in [-0.2, 0) is 0 Å². The summed E-state index contributed by atoms with van der Waals surface area (Å²) in [6.07, 6.45) is 9.18. The van der Waals surface area contributed by atoms with E-state index in [1.807, 2.05) is 0 Å². The molecular weight excluding hydrogens is 184 g/mol. The molecule has 84 valence electrons. The van der Waals surface area contributed by atoms with E-state index >= 15 is 0 Å². The number of likely N-dealkylation sites (tertiary alicyclic amines) is 1. The molecule has 2 rings (SSSR count). The quantitative estimate of drug-likeness (QED) is 0.659. The fraction of sp³-hybridized carbons (Fsp3) is 0.923. The van der Waals surface area contributed by atoms with Crippen molar-refractivity contribution in [3.63, 3.8) is 0 Å². The van der Waals surface area contributed by atoms with Gasteiger partial charge < -0.3 is 4.90 Å². The fourth-order valence-corrected chi connectivity index (χ4v) is 2.94. The SMILES string of the molecule is CC1(C#N)CCN(C2CCCCC2)CC1. The van der Waals surface area contributed by atoms with Gasteiger partial charge in [-0.2, -0.15) is 5.26 Å². The van der Waals surface area contributed by atoms with Gasteiger partial charge in [0.1, 0.15) is 0 Å². The van der Waals surface area contributed by atoms with Crippen LogP contribution < -0.4 is 0 Å². The Balaban J connectivity index is 1.85. The molecule has 0 unspecified atom stereocenters. The Kier molecular flexibility index (Phi) is 3.31. The van der Waals surface area contributed by atoms with Crippen molar-refractivity contribution >= 4 is 0 Å². The molecule has 1 heterocycles. The van der Waals surface area contributed by atoms with E-state index in [0.29, 0.717) is 0 Å². The third-order valence-corrected chi connectivity index (χ3v) is 4.26. The van der Waals surface area contributed by atoms with E-state index < -0.39 is 0 Å². The highest BCUT2D eigenvalue weighted by atomic mass is 15.2. The monoisotopic (exact) mass is 206 g/mol. The average molecular weight is 206 g/mol. The largest absolute Gasteiger partial charge is 0.300 e. The van der Waals surface area contributed by atoms with Crippen molar-refractivity contribution in [3.8, 4) is 6.07 Å². The molecule has 1 aliphatic carbocycles. The van der Waals surface area contributed by atoms with Crippen molar-refractivity contribution in [1.82, 2.24) is 4.90 Å². The summed E-state index contributed by atoms with van der Waals surface area (Å²) < 4.78 is 0. The maximum atomic E-state index is 9.08. The van der Waals surface area contributed by atoms with E-state index in [-0.39, 0.29) is 5.41 Å². The molecule has 1 aliphatic heterocycles. The summed E-state index contributed by atoms with van der Waals surface area (Å²) >= 11 is 0. The molecule has 0 spiro atoms. The summed E-state index contributed by atoms with van der Waals surface area (Å²) in [7, 11) is 0. The van der Waals surface area contributed by atoms with Crippen molar-refractivity contribution in [2.24, 2.45) is 5.41 Å². The van der Waals surface area contributed by atoms with Gasteiger partial charge in [-0.15, -0.1) is 0 Å². The third kappa shape index (κ3) is 2.52. The Hall–Kier alpha value is -0.550. The Morgan fingerprint density at radius 1 is 1.13 bits per heavy atom. The van der Waals surface area contributed by atoms with Crippen molar-refractivity contribution < 1.29 is 0 Å². The lowest BCUT2D eigenvalue weighted by molar-refractivity contribution is 0.0907. The van der Waals surface area contributed by atoms with E-state index in [4.69, 9.17) is 5.26 Å². The zero-order chi connectivity index (χ0) is 10.7. The molecule has 0 amide bonds. The van der Waals surface area contributed by atoms with Gasteiger partial charge in [0.2, 0.25) is 0 Å². The number of hydrogen-bond donors (Lipinski definition) is 0. The fourth-order valence-electron chi connectivity index (χ4n) is 2.94. The summed E-state index contributed by atoms with van der Waals surface area (Å²) in [5.41, 5.74) is -0.0365. The van der Waals surface area contributed by atoms with Crippen LogP contribution in [0.15, 0.2) is 0 Å². The lowest BCUT2D eigenvalue weighted by atomic mass is 9.80. The van der Waals surface area contributed by atoms with Crippen LogP contribution >= 0.6 is 0 Å². The van der Waals surface area contributed by atoms with E-state index in [1.165, 1.54) is 32.1 Å². The molecule has 0 bridgehead atoms. The molecule has 0 radical (unpaired) electrons. The lowest BCUT2D eigenvalue weighted by Crippen LogP contribution is -2.44. The molecule has 0 aromatic carbocycles. The molecule has 2 fully saturated rings. The normalized spacial score (nSPS) is 28.5. The number of rotatable bonds is 1. The molecule has 2 aliphatic rings. The number of piperidine rings is 1. The minimum absolute atomic E-state index is 0.0365. The highest BCUT2D eigenvalue weighted by Crippen LogP contribution is 2.33. The minimum Gasteiger partial charge on any atom is -0.300 e. The first-order chi connectivity index (χ1) is 7.23. The highest BCUT2D eigenvalue weighted by molar-refractivity contribution is 4.99. The van der Waals surface area contributed by atoms with Gasteiger partial charge >= 0.3 is 0 Å². The van der Waals surface area contributed by atoms with Crippen LogP contribution in [0.1, 0.15) is 51.9 Å². The standard InChI is InChI=1S/C13H22N2/c1-13(11-14)7-9-15(10-8-13)12-5-3-2-4-6-12/h12H,2-10H2,1H3. The van der Waals surface area contributed by atoms with Crippen molar-refractivity contribution in [1.29, 1.82) is 5.26 Å². The van der Waals surface area contributed by atoms with Crippen molar-refractivity contribution in [3.05, 3.63) is 0 Å². The Labute approximate surface area is 93.3 Å². The first-order valence-corrected chi connectivity index (χ1v) is 6.39. The first kappa shape index (κ1) is 11.0. The summed E-state index contributed by atoms with van der Waals surface area (Å²) in [4.78, 5) is 2.64. The maximum Gasteiger partial charge on any atom is 0.0687 e. The van der Waals surface area contributed by atoms with Crippen LogP contribution in [0, 0.1) is 16.7 Å². The van der Waals surface area contributed by atoms with Gasteiger partial charge in [-0.3, -0.25) is 0 Å². The second-order valence-corrected chi connectivity index (χ2v) is 5.50. The summed E-state index contributed by atoms with van der Waals surface area (Å²) in [6, 6.07) is 3.31. The predicted molar refractivity (Wildman–Crippen MR) is 61.4 cm³/mol. The van der Waals surface area contributed by atoms with Crippen LogP contribution in [0.4, 0.5) is 0 Å². The molecule has 0 aromatic rings. The Morgan fingerprint density at radius 3 is 2.27 bits per heavy atom. The molecule has 2 nitrogen and oxygen atoms in total. The van der Waals surface area contributed by atoms with Gasteiger partial charge in [0.25, 0.3) is 0 Å². The van der Waals surface area contributed by atoms with Crippen molar-refractivity contribution in [2.45, 2.75) is 57.9 Å². The minimum atomic E-state index is -0.0365. The Bertz CT molecular complexity index is 240. The molecule has 0 N–H and O–H groups in total. The van der Waals surface area contributed by atoms with Gasteiger partial charge in [0, 0.05) is 6.04 Å². The highest BCUT2D eigenvalue weighted by Gasteiger charge is 2.32. The van der Waals surface area contributed by atoms with Gasteiger partial charge in [-0.05, 0) is 45.7 Å². The van der Waals surface area contributed by atoms with Crippen molar-refractivity contribution in [2.75, 3.05) is 13.1 Å². The lowest BCUT2D eigenvalue weighted by Gasteiger charge is -2.41. The van der Waals surface area contributed by atoms with E-state index in [9.17, 15) is 0 Å². The van der Waals surface area contributed by atoms with Crippen LogP contribution in [0.25, 0.3) is 0 Å². The van der Waals surface area contributed by atoms with Gasteiger partial charge in [-0.1, -0.05) is 19.3 Å². The summed E-state index contributed by atoms with van der Waals surface area (Å²) in [6.45, 7) is 4.41. The van der Waals surface area contributed by atoms with Gasteiger partial charge in [0.15, 0.2) is 0 Å². The van der Waals surface area contributed by atoms with Crippen LogP contribution in [0.2, 0.25) is 0 Å². The molecule has 1 saturated carbocycles. The van der Waals surface area contributed by atoms with E-state index in [1.54, 1.807) is 0 Å². The molecule has 0 aromatic heterocycles. The second kappa shape index (κ2) is 4.53. The van der Waals surface area contributed by atoms with Crippen LogP contribution in [-0.4, -0.2) is 24.0 Å². The number of nitriles is 1. The maximum absolute atomic E-state index is 9.08. The van der Waals surface area contributed by atoms with Crippen LogP contribution in [0.5, 0.6) is 0 Å². The topological polar surface area (TPSA) is 27.0 Å². The first-order valence-electron chi connectivity index (χ1n) is 6.39. The smallest absolute Gasteiger partial charge is 0.0687 e. The van der Waals surface area contributed by atoms with E-state index in [2.05, 4.69) is 17.9 Å². The molecule has 15 heavy (non-hydrogen) atoms. The molecule has 2 heteroatoms. The zero-order valence-electron chi connectivity index (χ0n) is 9.84. The van der Waals surface area contributed by atoms with E-state index in [0.717, 1.165) is 32.0 Å². The van der Waals surface area contributed by atoms with Gasteiger partial charge in [-0.25, -0.2) is 0 Å². The predicted octanol–water partition coefficient (Wildman–Crippen LogP) is 2.94. The molecule has 1 saturated heterocycles. The molecule has 0 atom stereocenters. The zero-order valence-corrected chi connectivity index (χ0v) is 9.84. The number of nitrogens with zero attached hydrogens (tertiary/aromatic N) is 2. The Morgan fingerprint density at radius 2 is 1.73 bits per heavy atom. The third-order valence-electron chi connectivity index (χ3n) is 4.26. The summed E-state index contributed by atoms with van der Waals surface area (Å²) in [5, 5.41) is 9.08. The van der Waals surface area contributed by atoms with Gasteiger partial charge in [0.05, 0.1) is 11.5 Å². The second-order valence-electron chi connectivity index (χ2n) is 5.50. The number of hydrogen-bond acceptors (Lipinski definition) is 2. The molecular formula is C13H22N2. The van der Waals surface area contributed by atoms with Crippen LogP contribution in [0.3, 0.4) is 0 Å². The average Bonchev–Trinajstić information content (AvgIpc) is 2.31.